The highest BCUT2D eigenvalue weighted by Gasteiger charge is 2.40. The second-order valence-electron chi connectivity index (χ2n) is 8.02. The van der Waals surface area contributed by atoms with Gasteiger partial charge in [0.1, 0.15) is 5.82 Å². The van der Waals surface area contributed by atoms with Crippen LogP contribution in [0.5, 0.6) is 0 Å². The maximum Gasteiger partial charge on any atom is 0.251 e. The Morgan fingerprint density at radius 2 is 1.86 bits per heavy atom. The molecule has 0 aliphatic carbocycles. The number of nitrogens with one attached hydrogen (secondary N) is 2. The van der Waals surface area contributed by atoms with Gasteiger partial charge in [0.2, 0.25) is 5.91 Å². The van der Waals surface area contributed by atoms with E-state index in [9.17, 15) is 9.59 Å². The molecular formula is C21H28N6O2. The second kappa shape index (κ2) is 8.32. The molecule has 2 fully saturated rings. The van der Waals surface area contributed by atoms with Crippen LogP contribution >= 0.6 is 0 Å². The van der Waals surface area contributed by atoms with Crippen molar-refractivity contribution in [3.05, 3.63) is 47.5 Å². The Labute approximate surface area is 170 Å². The van der Waals surface area contributed by atoms with Crippen LogP contribution in [-0.2, 0) is 4.79 Å². The summed E-state index contributed by atoms with van der Waals surface area (Å²) in [5, 5.41) is 10.5. The van der Waals surface area contributed by atoms with Gasteiger partial charge in [-0.2, -0.15) is 5.10 Å². The van der Waals surface area contributed by atoms with E-state index in [1.54, 1.807) is 6.92 Å². The fourth-order valence-corrected chi connectivity index (χ4v) is 4.45. The highest BCUT2D eigenvalue weighted by Crippen LogP contribution is 2.30. The summed E-state index contributed by atoms with van der Waals surface area (Å²) in [6, 6.07) is 9.65. The Morgan fingerprint density at radius 3 is 2.48 bits per heavy atom. The van der Waals surface area contributed by atoms with E-state index in [0.717, 1.165) is 50.7 Å². The molecule has 1 aromatic carbocycles. The van der Waals surface area contributed by atoms with E-state index in [2.05, 4.69) is 25.4 Å². The third kappa shape index (κ3) is 4.32. The summed E-state index contributed by atoms with van der Waals surface area (Å²) in [7, 11) is 0. The van der Waals surface area contributed by atoms with Crippen LogP contribution in [0.25, 0.3) is 0 Å². The lowest BCUT2D eigenvalue weighted by Gasteiger charge is -2.36. The van der Waals surface area contributed by atoms with Gasteiger partial charge in [-0.1, -0.05) is 18.2 Å². The van der Waals surface area contributed by atoms with Crippen LogP contribution in [0.1, 0.15) is 47.7 Å². The predicted octanol–water partition coefficient (Wildman–Crippen LogP) is 1.32. The SMILES string of the molecule is CC(=O)N1CCC(N2C[C@@H](NC(=O)c3ccccc3)[C@H](c3n[nH]c(C)n3)C2)CC1. The van der Waals surface area contributed by atoms with Gasteiger partial charge >= 0.3 is 0 Å². The molecule has 0 unspecified atom stereocenters. The largest absolute Gasteiger partial charge is 0.347 e. The number of carbonyl (C=O) groups is 2. The van der Waals surface area contributed by atoms with Crippen molar-refractivity contribution >= 4 is 11.8 Å². The summed E-state index contributed by atoms with van der Waals surface area (Å²) >= 11 is 0. The number of rotatable bonds is 4. The molecule has 2 atom stereocenters. The van der Waals surface area contributed by atoms with E-state index < -0.39 is 0 Å². The number of aryl methyl sites for hydroxylation is 1. The van der Waals surface area contributed by atoms with Crippen molar-refractivity contribution in [2.45, 2.75) is 44.7 Å². The van der Waals surface area contributed by atoms with Crippen molar-refractivity contribution in [3.63, 3.8) is 0 Å². The Bertz CT molecular complexity index is 859. The number of nitrogens with zero attached hydrogens (tertiary/aromatic N) is 4. The van der Waals surface area contributed by atoms with E-state index in [0.29, 0.717) is 11.6 Å². The number of piperidine rings is 1. The first-order valence-corrected chi connectivity index (χ1v) is 10.3. The van der Waals surface area contributed by atoms with Crippen molar-refractivity contribution < 1.29 is 9.59 Å². The molecule has 0 spiro atoms. The van der Waals surface area contributed by atoms with Gasteiger partial charge < -0.3 is 10.2 Å². The Balaban J connectivity index is 1.48. The number of aromatic nitrogens is 3. The average molecular weight is 396 g/mol. The molecule has 4 rings (SSSR count). The lowest BCUT2D eigenvalue weighted by molar-refractivity contribution is -0.130. The number of likely N-dealkylation sites (tertiary alicyclic amines) is 2. The van der Waals surface area contributed by atoms with Crippen LogP contribution < -0.4 is 5.32 Å². The maximum absolute atomic E-state index is 12.8. The normalized spacial score (nSPS) is 23.3. The molecule has 2 amide bonds. The summed E-state index contributed by atoms with van der Waals surface area (Å²) in [5.41, 5.74) is 0.658. The molecule has 8 heteroatoms. The third-order valence-corrected chi connectivity index (χ3v) is 6.07. The van der Waals surface area contributed by atoms with Crippen LogP contribution in [0.4, 0.5) is 0 Å². The molecule has 29 heavy (non-hydrogen) atoms. The Kier molecular flexibility index (Phi) is 5.62. The number of aromatic amines is 1. The molecule has 2 saturated heterocycles. The predicted molar refractivity (Wildman–Crippen MR) is 108 cm³/mol. The highest BCUT2D eigenvalue weighted by molar-refractivity contribution is 5.94. The van der Waals surface area contributed by atoms with Gasteiger partial charge in [-0.15, -0.1) is 0 Å². The molecular weight excluding hydrogens is 368 g/mol. The van der Waals surface area contributed by atoms with Gasteiger partial charge in [0.05, 0.1) is 12.0 Å². The minimum Gasteiger partial charge on any atom is -0.347 e. The molecule has 0 radical (unpaired) electrons. The second-order valence-corrected chi connectivity index (χ2v) is 8.02. The number of benzene rings is 1. The van der Waals surface area contributed by atoms with Gasteiger partial charge in [0.15, 0.2) is 5.82 Å². The molecule has 2 aliphatic heterocycles. The third-order valence-electron chi connectivity index (χ3n) is 6.07. The Morgan fingerprint density at radius 1 is 1.14 bits per heavy atom. The number of amides is 2. The zero-order valence-electron chi connectivity index (χ0n) is 17.0. The van der Waals surface area contributed by atoms with Crippen molar-refractivity contribution in [2.24, 2.45) is 0 Å². The van der Waals surface area contributed by atoms with Gasteiger partial charge in [0.25, 0.3) is 5.91 Å². The first-order valence-electron chi connectivity index (χ1n) is 10.3. The van der Waals surface area contributed by atoms with Gasteiger partial charge in [-0.05, 0) is 31.9 Å². The van der Waals surface area contributed by atoms with E-state index >= 15 is 0 Å². The summed E-state index contributed by atoms with van der Waals surface area (Å²) < 4.78 is 0. The Hall–Kier alpha value is -2.74. The molecule has 2 aromatic rings. The first-order chi connectivity index (χ1) is 14.0. The summed E-state index contributed by atoms with van der Waals surface area (Å²) in [6.07, 6.45) is 1.91. The monoisotopic (exact) mass is 396 g/mol. The summed E-state index contributed by atoms with van der Waals surface area (Å²) in [6.45, 7) is 6.68. The fraction of sp³-hybridized carbons (Fsp3) is 0.524. The van der Waals surface area contributed by atoms with Crippen molar-refractivity contribution in [1.29, 1.82) is 0 Å². The molecule has 0 saturated carbocycles. The van der Waals surface area contributed by atoms with E-state index in [-0.39, 0.29) is 23.8 Å². The van der Waals surface area contributed by atoms with Crippen LogP contribution in [0.2, 0.25) is 0 Å². The summed E-state index contributed by atoms with van der Waals surface area (Å²) in [5.74, 6) is 1.65. The molecule has 154 valence electrons. The van der Waals surface area contributed by atoms with Gasteiger partial charge in [0, 0.05) is 44.7 Å². The number of H-pyrrole nitrogens is 1. The maximum atomic E-state index is 12.8. The molecule has 2 N–H and O–H groups in total. The van der Waals surface area contributed by atoms with Crippen molar-refractivity contribution in [2.75, 3.05) is 26.2 Å². The first kappa shape index (κ1) is 19.6. The standard InChI is InChI=1S/C21H28N6O2/c1-14-22-20(25-24-14)18-12-27(17-8-10-26(11-9-17)15(2)28)13-19(18)23-21(29)16-6-4-3-5-7-16/h3-7,17-19H,8-13H2,1-2H3,(H,23,29)(H,22,24,25)/t18-,19-/m1/s1. The highest BCUT2D eigenvalue weighted by atomic mass is 16.2. The smallest absolute Gasteiger partial charge is 0.251 e. The van der Waals surface area contributed by atoms with Crippen molar-refractivity contribution in [1.82, 2.24) is 30.3 Å². The number of hydrogen-bond donors (Lipinski definition) is 2. The molecule has 8 nitrogen and oxygen atoms in total. The van der Waals surface area contributed by atoms with E-state index in [1.165, 1.54) is 0 Å². The molecule has 3 heterocycles. The van der Waals surface area contributed by atoms with Gasteiger partial charge in [-0.3, -0.25) is 19.6 Å². The lowest BCUT2D eigenvalue weighted by Crippen LogP contribution is -2.46. The van der Waals surface area contributed by atoms with Crippen LogP contribution in [0, 0.1) is 6.92 Å². The average Bonchev–Trinajstić information content (AvgIpc) is 3.35. The van der Waals surface area contributed by atoms with Gasteiger partial charge in [-0.25, -0.2) is 4.98 Å². The lowest BCUT2D eigenvalue weighted by atomic mass is 10.0. The topological polar surface area (TPSA) is 94.2 Å². The van der Waals surface area contributed by atoms with E-state index in [4.69, 9.17) is 0 Å². The van der Waals surface area contributed by atoms with Crippen LogP contribution in [0.3, 0.4) is 0 Å². The minimum absolute atomic E-state index is 0.0402. The minimum atomic E-state index is -0.0684. The molecule has 2 aliphatic rings. The zero-order chi connectivity index (χ0) is 20.4. The summed E-state index contributed by atoms with van der Waals surface area (Å²) in [4.78, 5) is 33.3. The fourth-order valence-electron chi connectivity index (χ4n) is 4.45. The van der Waals surface area contributed by atoms with Crippen molar-refractivity contribution in [3.8, 4) is 0 Å². The van der Waals surface area contributed by atoms with Crippen LogP contribution in [0.15, 0.2) is 30.3 Å². The quantitative estimate of drug-likeness (QED) is 0.813. The van der Waals surface area contributed by atoms with Crippen LogP contribution in [-0.4, -0.2) is 75.1 Å². The zero-order valence-corrected chi connectivity index (χ0v) is 17.0. The number of carbonyl (C=O) groups excluding carboxylic acids is 2. The number of hydrogen-bond acceptors (Lipinski definition) is 5. The molecule has 0 bridgehead atoms. The van der Waals surface area contributed by atoms with E-state index in [1.807, 2.05) is 42.2 Å². The molecule has 1 aromatic heterocycles.